The van der Waals surface area contributed by atoms with Crippen molar-refractivity contribution >= 4 is 5.91 Å². The second-order valence-electron chi connectivity index (χ2n) is 3.74. The number of ether oxygens (including phenoxy) is 1. The number of rotatable bonds is 6. The highest BCUT2D eigenvalue weighted by atomic mass is 19.3. The Kier molecular flexibility index (Phi) is 5.51. The predicted octanol–water partition coefficient (Wildman–Crippen LogP) is 1.51. The average molecular weight is 258 g/mol. The van der Waals surface area contributed by atoms with Gasteiger partial charge in [0, 0.05) is 13.6 Å². The number of carbonyl (C=O) groups is 1. The molecule has 0 aromatic heterocycles. The van der Waals surface area contributed by atoms with Crippen molar-refractivity contribution in [1.82, 2.24) is 10.6 Å². The van der Waals surface area contributed by atoms with Gasteiger partial charge < -0.3 is 15.4 Å². The molecule has 0 aliphatic carbocycles. The van der Waals surface area contributed by atoms with Crippen molar-refractivity contribution in [2.75, 3.05) is 7.05 Å². The molecule has 0 radical (unpaired) electrons. The van der Waals surface area contributed by atoms with Crippen LogP contribution in [-0.4, -0.2) is 25.6 Å². The van der Waals surface area contributed by atoms with E-state index in [9.17, 15) is 13.6 Å². The van der Waals surface area contributed by atoms with Gasteiger partial charge in [0.15, 0.2) is 0 Å². The number of halogens is 2. The molecule has 1 unspecified atom stereocenters. The summed E-state index contributed by atoms with van der Waals surface area (Å²) < 4.78 is 28.1. The molecule has 1 amide bonds. The van der Waals surface area contributed by atoms with Gasteiger partial charge in [0.2, 0.25) is 5.91 Å². The first-order valence-corrected chi connectivity index (χ1v) is 5.51. The highest BCUT2D eigenvalue weighted by molar-refractivity contribution is 5.80. The quantitative estimate of drug-likeness (QED) is 0.813. The summed E-state index contributed by atoms with van der Waals surface area (Å²) in [6.07, 6.45) is 0. The number of alkyl halides is 2. The van der Waals surface area contributed by atoms with Crippen molar-refractivity contribution in [1.29, 1.82) is 0 Å². The molecule has 1 rings (SSSR count). The molecule has 0 bridgehead atoms. The summed E-state index contributed by atoms with van der Waals surface area (Å²) in [7, 11) is 1.57. The summed E-state index contributed by atoms with van der Waals surface area (Å²) in [6, 6.07) is 5.95. The van der Waals surface area contributed by atoms with Crippen LogP contribution in [0.5, 0.6) is 5.75 Å². The van der Waals surface area contributed by atoms with E-state index in [-0.39, 0.29) is 17.7 Å². The Morgan fingerprint density at radius 1 is 1.33 bits per heavy atom. The van der Waals surface area contributed by atoms with Gasteiger partial charge in [-0.1, -0.05) is 12.1 Å². The zero-order valence-corrected chi connectivity index (χ0v) is 10.2. The van der Waals surface area contributed by atoms with Gasteiger partial charge in [0.1, 0.15) is 5.75 Å². The third kappa shape index (κ3) is 4.67. The standard InChI is InChI=1S/C12H16F2N2O2/c1-8(11(17)15-2)16-7-9-3-5-10(6-4-9)18-12(13)14/h3-6,8,12,16H,7H2,1-2H3,(H,15,17). The lowest BCUT2D eigenvalue weighted by Crippen LogP contribution is -2.40. The molecule has 4 nitrogen and oxygen atoms in total. The van der Waals surface area contributed by atoms with Crippen LogP contribution in [-0.2, 0) is 11.3 Å². The monoisotopic (exact) mass is 258 g/mol. The van der Waals surface area contributed by atoms with Crippen molar-refractivity contribution in [3.63, 3.8) is 0 Å². The molecule has 0 fully saturated rings. The molecule has 1 atom stereocenters. The van der Waals surface area contributed by atoms with Crippen molar-refractivity contribution in [3.05, 3.63) is 29.8 Å². The van der Waals surface area contributed by atoms with Gasteiger partial charge in [-0.25, -0.2) is 0 Å². The highest BCUT2D eigenvalue weighted by Crippen LogP contribution is 2.14. The molecule has 0 saturated carbocycles. The maximum Gasteiger partial charge on any atom is 0.387 e. The van der Waals surface area contributed by atoms with Crippen LogP contribution in [0.25, 0.3) is 0 Å². The molecular weight excluding hydrogens is 242 g/mol. The fourth-order valence-corrected chi connectivity index (χ4v) is 1.37. The van der Waals surface area contributed by atoms with E-state index in [0.29, 0.717) is 6.54 Å². The van der Waals surface area contributed by atoms with E-state index in [2.05, 4.69) is 15.4 Å². The summed E-state index contributed by atoms with van der Waals surface area (Å²) in [5.74, 6) is 0.0146. The molecule has 0 aliphatic rings. The fourth-order valence-electron chi connectivity index (χ4n) is 1.37. The molecule has 0 spiro atoms. The van der Waals surface area contributed by atoms with Gasteiger partial charge in [-0.3, -0.25) is 4.79 Å². The molecule has 18 heavy (non-hydrogen) atoms. The van der Waals surface area contributed by atoms with Crippen molar-refractivity contribution in [2.24, 2.45) is 0 Å². The first-order chi connectivity index (χ1) is 8.52. The molecule has 0 aliphatic heterocycles. The van der Waals surface area contributed by atoms with Gasteiger partial charge in [0.05, 0.1) is 6.04 Å². The molecule has 6 heteroatoms. The van der Waals surface area contributed by atoms with E-state index in [0.717, 1.165) is 5.56 Å². The predicted molar refractivity (Wildman–Crippen MR) is 63.4 cm³/mol. The Morgan fingerprint density at radius 2 is 1.94 bits per heavy atom. The number of benzene rings is 1. The summed E-state index contributed by atoms with van der Waals surface area (Å²) in [6.45, 7) is -0.598. The minimum Gasteiger partial charge on any atom is -0.435 e. The first kappa shape index (κ1) is 14.4. The number of hydrogen-bond acceptors (Lipinski definition) is 3. The third-order valence-electron chi connectivity index (χ3n) is 2.40. The zero-order valence-electron chi connectivity index (χ0n) is 10.2. The molecule has 0 heterocycles. The van der Waals surface area contributed by atoms with Gasteiger partial charge in [-0.15, -0.1) is 0 Å². The second-order valence-corrected chi connectivity index (χ2v) is 3.74. The van der Waals surface area contributed by atoms with Crippen LogP contribution in [0.4, 0.5) is 8.78 Å². The van der Waals surface area contributed by atoms with E-state index in [4.69, 9.17) is 0 Å². The van der Waals surface area contributed by atoms with Crippen LogP contribution in [0.1, 0.15) is 12.5 Å². The van der Waals surface area contributed by atoms with Crippen LogP contribution < -0.4 is 15.4 Å². The Labute approximate surface area is 104 Å². The van der Waals surface area contributed by atoms with Gasteiger partial charge in [-0.05, 0) is 24.6 Å². The SMILES string of the molecule is CNC(=O)C(C)NCc1ccc(OC(F)F)cc1. The largest absolute Gasteiger partial charge is 0.435 e. The number of carbonyl (C=O) groups excluding carboxylic acids is 1. The Bertz CT molecular complexity index is 382. The number of amides is 1. The Balaban J connectivity index is 2.46. The summed E-state index contributed by atoms with van der Waals surface area (Å²) in [4.78, 5) is 11.2. The highest BCUT2D eigenvalue weighted by Gasteiger charge is 2.09. The molecule has 1 aromatic rings. The molecule has 1 aromatic carbocycles. The Hall–Kier alpha value is -1.69. The molecule has 2 N–H and O–H groups in total. The van der Waals surface area contributed by atoms with Crippen LogP contribution >= 0.6 is 0 Å². The maximum atomic E-state index is 11.9. The van der Waals surface area contributed by atoms with Crippen LogP contribution in [0.2, 0.25) is 0 Å². The number of nitrogens with one attached hydrogen (secondary N) is 2. The minimum absolute atomic E-state index is 0.104. The van der Waals surface area contributed by atoms with Crippen molar-refractivity contribution < 1.29 is 18.3 Å². The lowest BCUT2D eigenvalue weighted by molar-refractivity contribution is -0.122. The topological polar surface area (TPSA) is 50.4 Å². The summed E-state index contributed by atoms with van der Waals surface area (Å²) >= 11 is 0. The lowest BCUT2D eigenvalue weighted by Gasteiger charge is -2.12. The van der Waals surface area contributed by atoms with Crippen LogP contribution in [0.3, 0.4) is 0 Å². The van der Waals surface area contributed by atoms with E-state index < -0.39 is 6.61 Å². The van der Waals surface area contributed by atoms with Gasteiger partial charge in [0.25, 0.3) is 0 Å². The zero-order chi connectivity index (χ0) is 13.5. The van der Waals surface area contributed by atoms with Crippen molar-refractivity contribution in [2.45, 2.75) is 26.1 Å². The third-order valence-corrected chi connectivity index (χ3v) is 2.40. The lowest BCUT2D eigenvalue weighted by atomic mass is 10.2. The summed E-state index contributed by atoms with van der Waals surface area (Å²) in [5.41, 5.74) is 0.882. The number of likely N-dealkylation sites (N-methyl/N-ethyl adjacent to an activating group) is 1. The van der Waals surface area contributed by atoms with Gasteiger partial charge in [-0.2, -0.15) is 8.78 Å². The normalized spacial score (nSPS) is 12.3. The second kappa shape index (κ2) is 6.90. The van der Waals surface area contributed by atoms with E-state index >= 15 is 0 Å². The maximum absolute atomic E-state index is 11.9. The van der Waals surface area contributed by atoms with E-state index in [1.807, 2.05) is 0 Å². The molecular formula is C12H16F2N2O2. The fraction of sp³-hybridized carbons (Fsp3) is 0.417. The smallest absolute Gasteiger partial charge is 0.387 e. The molecule has 100 valence electrons. The van der Waals surface area contributed by atoms with Crippen molar-refractivity contribution in [3.8, 4) is 5.75 Å². The van der Waals surface area contributed by atoms with Crippen LogP contribution in [0, 0.1) is 0 Å². The molecule has 0 saturated heterocycles. The van der Waals surface area contributed by atoms with Gasteiger partial charge >= 0.3 is 6.61 Å². The number of hydrogen-bond donors (Lipinski definition) is 2. The van der Waals surface area contributed by atoms with E-state index in [1.165, 1.54) is 12.1 Å². The minimum atomic E-state index is -2.82. The summed E-state index contributed by atoms with van der Waals surface area (Å²) in [5, 5.41) is 5.54. The van der Waals surface area contributed by atoms with Crippen LogP contribution in [0.15, 0.2) is 24.3 Å². The first-order valence-electron chi connectivity index (χ1n) is 5.51. The average Bonchev–Trinajstić information content (AvgIpc) is 2.36. The van der Waals surface area contributed by atoms with E-state index in [1.54, 1.807) is 26.1 Å². The Morgan fingerprint density at radius 3 is 2.44 bits per heavy atom.